The lowest BCUT2D eigenvalue weighted by Crippen LogP contribution is -2.29. The van der Waals surface area contributed by atoms with Gasteiger partial charge in [-0.05, 0) is 49.6 Å². The van der Waals surface area contributed by atoms with Crippen molar-refractivity contribution in [3.63, 3.8) is 0 Å². The lowest BCUT2D eigenvalue weighted by Gasteiger charge is -2.25. The molecule has 2 heterocycles. The molecule has 0 spiro atoms. The monoisotopic (exact) mass is 395 g/mol. The average molecular weight is 395 g/mol. The molecule has 0 unspecified atom stereocenters. The molecule has 1 aromatic carbocycles. The Morgan fingerprint density at radius 3 is 2.61 bits per heavy atom. The van der Waals surface area contributed by atoms with E-state index in [1.807, 2.05) is 31.2 Å². The number of thiophene rings is 1. The maximum absolute atomic E-state index is 12.9. The van der Waals surface area contributed by atoms with Gasteiger partial charge >= 0.3 is 0 Å². The van der Waals surface area contributed by atoms with Crippen LogP contribution < -0.4 is 5.32 Å². The zero-order chi connectivity index (χ0) is 19.7. The second-order valence-corrected chi connectivity index (χ2v) is 8.03. The van der Waals surface area contributed by atoms with Crippen molar-refractivity contribution in [2.24, 2.45) is 5.92 Å². The third-order valence-corrected chi connectivity index (χ3v) is 5.96. The largest absolute Gasteiger partial charge is 0.334 e. The Morgan fingerprint density at radius 1 is 1.21 bits per heavy atom. The van der Waals surface area contributed by atoms with Gasteiger partial charge in [0.25, 0.3) is 5.91 Å². The number of hydrogen-bond donors (Lipinski definition) is 1. The molecule has 7 nitrogen and oxygen atoms in total. The predicted molar refractivity (Wildman–Crippen MR) is 108 cm³/mol. The van der Waals surface area contributed by atoms with Gasteiger partial charge in [0, 0.05) is 13.0 Å². The topological polar surface area (TPSA) is 80.1 Å². The maximum atomic E-state index is 12.9. The van der Waals surface area contributed by atoms with Crippen LogP contribution in [0.3, 0.4) is 0 Å². The van der Waals surface area contributed by atoms with Crippen molar-refractivity contribution >= 4 is 28.2 Å². The summed E-state index contributed by atoms with van der Waals surface area (Å²) in [5.74, 6) is 0.129. The molecule has 1 saturated carbocycles. The van der Waals surface area contributed by atoms with Crippen LogP contribution in [0.5, 0.6) is 0 Å². The highest BCUT2D eigenvalue weighted by Gasteiger charge is 2.30. The Labute approximate surface area is 167 Å². The minimum absolute atomic E-state index is 0.0510. The van der Waals surface area contributed by atoms with Crippen molar-refractivity contribution in [1.82, 2.24) is 19.7 Å². The van der Waals surface area contributed by atoms with Crippen molar-refractivity contribution in [3.8, 4) is 5.69 Å². The first-order valence-electron chi connectivity index (χ1n) is 9.16. The van der Waals surface area contributed by atoms with Crippen molar-refractivity contribution in [3.05, 3.63) is 59.5 Å². The molecule has 1 aliphatic rings. The number of nitrogens with one attached hydrogen (secondary N) is 1. The van der Waals surface area contributed by atoms with Gasteiger partial charge in [-0.15, -0.1) is 11.3 Å². The van der Waals surface area contributed by atoms with E-state index in [-0.39, 0.29) is 23.8 Å². The second-order valence-electron chi connectivity index (χ2n) is 6.95. The van der Waals surface area contributed by atoms with Crippen molar-refractivity contribution in [1.29, 1.82) is 0 Å². The normalized spacial score (nSPS) is 14.5. The standard InChI is InChI=1S/C20H21N5O2S/c1-13(14-5-7-16(8-6-14)25-12-21-11-22-25)24(2)20(27)17-9-10-18(28-17)23-19(26)15-3-4-15/h5-13,15H,3-4H2,1-2H3,(H,23,26)/t13-/m1/s1. The number of carbonyl (C=O) groups excluding carboxylic acids is 2. The number of carbonyl (C=O) groups is 2. The molecule has 8 heteroatoms. The van der Waals surface area contributed by atoms with Gasteiger partial charge in [-0.2, -0.15) is 5.10 Å². The Morgan fingerprint density at radius 2 is 1.96 bits per heavy atom. The van der Waals surface area contributed by atoms with Crippen LogP contribution in [-0.2, 0) is 4.79 Å². The van der Waals surface area contributed by atoms with E-state index < -0.39 is 0 Å². The van der Waals surface area contributed by atoms with Gasteiger partial charge in [-0.1, -0.05) is 12.1 Å². The number of nitrogens with zero attached hydrogens (tertiary/aromatic N) is 4. The number of amides is 2. The third kappa shape index (κ3) is 3.82. The Bertz CT molecular complexity index is 976. The van der Waals surface area contributed by atoms with E-state index in [1.165, 1.54) is 17.7 Å². The first-order chi connectivity index (χ1) is 13.5. The van der Waals surface area contributed by atoms with Gasteiger partial charge < -0.3 is 10.2 Å². The molecule has 0 bridgehead atoms. The van der Waals surface area contributed by atoms with Crippen molar-refractivity contribution in [2.75, 3.05) is 12.4 Å². The SMILES string of the molecule is C[C@H](c1ccc(-n2cncn2)cc1)N(C)C(=O)c1ccc(NC(=O)C2CC2)s1. The molecule has 1 atom stereocenters. The van der Waals surface area contributed by atoms with Crippen molar-refractivity contribution < 1.29 is 9.59 Å². The number of benzene rings is 1. The summed E-state index contributed by atoms with van der Waals surface area (Å²) in [6, 6.07) is 11.4. The molecule has 1 N–H and O–H groups in total. The molecule has 1 aliphatic carbocycles. The van der Waals surface area contributed by atoms with Gasteiger partial charge in [0.05, 0.1) is 21.6 Å². The van der Waals surface area contributed by atoms with Crippen LogP contribution in [0.15, 0.2) is 49.1 Å². The number of rotatable bonds is 6. The minimum atomic E-state index is -0.0936. The molecular weight excluding hydrogens is 374 g/mol. The molecule has 1 fully saturated rings. The first-order valence-corrected chi connectivity index (χ1v) is 9.97. The Hall–Kier alpha value is -3.00. The number of hydrogen-bond acceptors (Lipinski definition) is 5. The van der Waals surface area contributed by atoms with E-state index in [2.05, 4.69) is 15.4 Å². The maximum Gasteiger partial charge on any atom is 0.264 e. The van der Waals surface area contributed by atoms with E-state index in [4.69, 9.17) is 0 Å². The zero-order valence-electron chi connectivity index (χ0n) is 15.7. The van der Waals surface area contributed by atoms with Gasteiger partial charge in [0.15, 0.2) is 0 Å². The number of aromatic nitrogens is 3. The van der Waals surface area contributed by atoms with Crippen LogP contribution in [0.1, 0.15) is 41.0 Å². The minimum Gasteiger partial charge on any atom is -0.334 e. The molecule has 0 radical (unpaired) electrons. The fourth-order valence-electron chi connectivity index (χ4n) is 2.91. The molecule has 4 rings (SSSR count). The third-order valence-electron chi connectivity index (χ3n) is 4.97. The smallest absolute Gasteiger partial charge is 0.264 e. The highest BCUT2D eigenvalue weighted by Crippen LogP contribution is 2.32. The van der Waals surface area contributed by atoms with Gasteiger partial charge in [0.1, 0.15) is 12.7 Å². The summed E-state index contributed by atoms with van der Waals surface area (Å²) >= 11 is 1.31. The quantitative estimate of drug-likeness (QED) is 0.693. The fraction of sp³-hybridized carbons (Fsp3) is 0.300. The molecule has 0 saturated heterocycles. The van der Waals surface area contributed by atoms with Crippen LogP contribution in [0, 0.1) is 5.92 Å². The van der Waals surface area contributed by atoms with Crippen LogP contribution in [0.4, 0.5) is 5.00 Å². The highest BCUT2D eigenvalue weighted by molar-refractivity contribution is 7.18. The summed E-state index contributed by atoms with van der Waals surface area (Å²) in [5.41, 5.74) is 1.94. The Balaban J connectivity index is 1.42. The number of anilines is 1. The van der Waals surface area contributed by atoms with Gasteiger partial charge in [0.2, 0.25) is 5.91 Å². The summed E-state index contributed by atoms with van der Waals surface area (Å²) in [7, 11) is 1.79. The van der Waals surface area contributed by atoms with Gasteiger partial charge in [-0.3, -0.25) is 9.59 Å². The van der Waals surface area contributed by atoms with Gasteiger partial charge in [-0.25, -0.2) is 9.67 Å². The van der Waals surface area contributed by atoms with Crippen LogP contribution in [-0.4, -0.2) is 38.5 Å². The van der Waals surface area contributed by atoms with E-state index >= 15 is 0 Å². The highest BCUT2D eigenvalue weighted by atomic mass is 32.1. The van der Waals surface area contributed by atoms with Crippen molar-refractivity contribution in [2.45, 2.75) is 25.8 Å². The molecule has 0 aliphatic heterocycles. The Kier molecular flexibility index (Phi) is 4.95. The molecule has 28 heavy (non-hydrogen) atoms. The molecule has 3 aromatic rings. The summed E-state index contributed by atoms with van der Waals surface area (Å²) in [6.45, 7) is 1.99. The van der Waals surface area contributed by atoms with E-state index in [9.17, 15) is 9.59 Å². The summed E-state index contributed by atoms with van der Waals surface area (Å²) in [4.78, 5) is 31.0. The van der Waals surface area contributed by atoms with E-state index in [0.717, 1.165) is 29.1 Å². The predicted octanol–water partition coefficient (Wildman–Crippen LogP) is 3.51. The lowest BCUT2D eigenvalue weighted by atomic mass is 10.1. The molecule has 2 aromatic heterocycles. The molecule has 144 valence electrons. The molecular formula is C20H21N5O2S. The zero-order valence-corrected chi connectivity index (χ0v) is 16.5. The van der Waals surface area contributed by atoms with Crippen LogP contribution >= 0.6 is 11.3 Å². The average Bonchev–Trinajstić information content (AvgIpc) is 3.23. The second kappa shape index (κ2) is 7.55. The summed E-state index contributed by atoms with van der Waals surface area (Å²) in [5, 5.41) is 7.73. The van der Waals surface area contributed by atoms with Crippen LogP contribution in [0.2, 0.25) is 0 Å². The summed E-state index contributed by atoms with van der Waals surface area (Å²) < 4.78 is 1.69. The first kappa shape index (κ1) is 18.4. The van der Waals surface area contributed by atoms with Crippen LogP contribution in [0.25, 0.3) is 5.69 Å². The lowest BCUT2D eigenvalue weighted by molar-refractivity contribution is -0.117. The van der Waals surface area contributed by atoms with E-state index in [1.54, 1.807) is 35.1 Å². The summed E-state index contributed by atoms with van der Waals surface area (Å²) in [6.07, 6.45) is 5.05. The van der Waals surface area contributed by atoms with E-state index in [0.29, 0.717) is 4.88 Å². The fourth-order valence-corrected chi connectivity index (χ4v) is 3.80. The molecule has 2 amide bonds.